The Balaban J connectivity index is 2.26. The van der Waals surface area contributed by atoms with Gasteiger partial charge in [0.1, 0.15) is 0 Å². The Morgan fingerprint density at radius 1 is 1.39 bits per heavy atom. The standard InChI is InChI=1S/C15H20O3/c1-10-4-7-13(8-11(10)2)15(3,14(16)17)18-9-12-5-6-12/h4,7-8,12H,5-6,9H2,1-3H3,(H,16,17). The number of hydrogen-bond acceptors (Lipinski definition) is 2. The van der Waals surface area contributed by atoms with Gasteiger partial charge in [-0.2, -0.15) is 0 Å². The SMILES string of the molecule is Cc1ccc(C(C)(OCC2CC2)C(=O)O)cc1C. The lowest BCUT2D eigenvalue weighted by atomic mass is 9.93. The summed E-state index contributed by atoms with van der Waals surface area (Å²) >= 11 is 0. The third kappa shape index (κ3) is 2.56. The van der Waals surface area contributed by atoms with Crippen LogP contribution in [0, 0.1) is 19.8 Å². The largest absolute Gasteiger partial charge is 0.479 e. The highest BCUT2D eigenvalue weighted by Crippen LogP contribution is 2.34. The number of aryl methyl sites for hydroxylation is 2. The van der Waals surface area contributed by atoms with Gasteiger partial charge in [-0.3, -0.25) is 0 Å². The van der Waals surface area contributed by atoms with Crippen molar-refractivity contribution in [3.63, 3.8) is 0 Å². The van der Waals surface area contributed by atoms with Gasteiger partial charge in [-0.05, 0) is 56.2 Å². The number of carboxylic acid groups (broad SMARTS) is 1. The second-order valence-electron chi connectivity index (χ2n) is 5.39. The molecule has 0 heterocycles. The quantitative estimate of drug-likeness (QED) is 0.871. The summed E-state index contributed by atoms with van der Waals surface area (Å²) in [7, 11) is 0. The molecule has 0 radical (unpaired) electrons. The molecule has 1 aromatic rings. The minimum absolute atomic E-state index is 0.537. The van der Waals surface area contributed by atoms with Gasteiger partial charge < -0.3 is 9.84 Å². The van der Waals surface area contributed by atoms with Gasteiger partial charge in [-0.1, -0.05) is 18.2 Å². The van der Waals surface area contributed by atoms with Crippen LogP contribution >= 0.6 is 0 Å². The smallest absolute Gasteiger partial charge is 0.340 e. The fourth-order valence-electron chi connectivity index (χ4n) is 1.88. The van der Waals surface area contributed by atoms with Crippen molar-refractivity contribution in [1.29, 1.82) is 0 Å². The Morgan fingerprint density at radius 2 is 2.06 bits per heavy atom. The maximum absolute atomic E-state index is 11.5. The van der Waals surface area contributed by atoms with Crippen LogP contribution in [0.5, 0.6) is 0 Å². The molecule has 1 fully saturated rings. The predicted molar refractivity (Wildman–Crippen MR) is 69.6 cm³/mol. The van der Waals surface area contributed by atoms with Crippen molar-refractivity contribution < 1.29 is 14.6 Å². The molecule has 0 aromatic heterocycles. The van der Waals surface area contributed by atoms with Gasteiger partial charge >= 0.3 is 5.97 Å². The Morgan fingerprint density at radius 3 is 2.56 bits per heavy atom. The Labute approximate surface area is 108 Å². The number of hydrogen-bond donors (Lipinski definition) is 1. The molecule has 98 valence electrons. The molecule has 1 N–H and O–H groups in total. The highest BCUT2D eigenvalue weighted by Gasteiger charge is 2.38. The fraction of sp³-hybridized carbons (Fsp3) is 0.533. The van der Waals surface area contributed by atoms with E-state index in [4.69, 9.17) is 4.74 Å². The number of carboxylic acids is 1. The molecule has 0 aliphatic heterocycles. The Bertz CT molecular complexity index is 463. The van der Waals surface area contributed by atoms with Crippen LogP contribution in [0.15, 0.2) is 18.2 Å². The highest BCUT2D eigenvalue weighted by atomic mass is 16.5. The van der Waals surface area contributed by atoms with Crippen molar-refractivity contribution >= 4 is 5.97 Å². The molecule has 0 amide bonds. The van der Waals surface area contributed by atoms with E-state index >= 15 is 0 Å². The molecule has 18 heavy (non-hydrogen) atoms. The van der Waals surface area contributed by atoms with Crippen LogP contribution in [-0.4, -0.2) is 17.7 Å². The molecule has 1 unspecified atom stereocenters. The first-order chi connectivity index (χ1) is 8.43. The first kappa shape index (κ1) is 13.1. The van der Waals surface area contributed by atoms with Crippen molar-refractivity contribution in [2.75, 3.05) is 6.61 Å². The minimum Gasteiger partial charge on any atom is -0.479 e. The molecule has 1 aliphatic carbocycles. The van der Waals surface area contributed by atoms with Crippen LogP contribution in [0.4, 0.5) is 0 Å². The van der Waals surface area contributed by atoms with Gasteiger partial charge in [0.25, 0.3) is 0 Å². The molecule has 0 saturated heterocycles. The molecule has 3 nitrogen and oxygen atoms in total. The number of carbonyl (C=O) groups is 1. The van der Waals surface area contributed by atoms with Gasteiger partial charge in [0.15, 0.2) is 5.60 Å². The van der Waals surface area contributed by atoms with Crippen molar-refractivity contribution in [3.05, 3.63) is 34.9 Å². The van der Waals surface area contributed by atoms with Gasteiger partial charge in [0.05, 0.1) is 6.61 Å². The predicted octanol–water partition coefficient (Wildman–Crippen LogP) is 3.03. The highest BCUT2D eigenvalue weighted by molar-refractivity contribution is 5.79. The number of ether oxygens (including phenoxy) is 1. The van der Waals surface area contributed by atoms with E-state index in [1.165, 1.54) is 0 Å². The summed E-state index contributed by atoms with van der Waals surface area (Å²) in [6.07, 6.45) is 2.31. The molecule has 0 spiro atoms. The van der Waals surface area contributed by atoms with Gasteiger partial charge in [-0.15, -0.1) is 0 Å². The van der Waals surface area contributed by atoms with Crippen LogP contribution in [0.25, 0.3) is 0 Å². The van der Waals surface area contributed by atoms with E-state index in [1.807, 2.05) is 32.0 Å². The summed E-state index contributed by atoms with van der Waals surface area (Å²) in [5, 5.41) is 9.45. The van der Waals surface area contributed by atoms with Crippen LogP contribution in [0.2, 0.25) is 0 Å². The van der Waals surface area contributed by atoms with E-state index in [-0.39, 0.29) is 0 Å². The lowest BCUT2D eigenvalue weighted by Gasteiger charge is -2.26. The maximum atomic E-state index is 11.5. The summed E-state index contributed by atoms with van der Waals surface area (Å²) in [6, 6.07) is 5.71. The Kier molecular flexibility index (Phi) is 3.44. The monoisotopic (exact) mass is 248 g/mol. The average molecular weight is 248 g/mol. The second-order valence-corrected chi connectivity index (χ2v) is 5.39. The zero-order chi connectivity index (χ0) is 13.3. The van der Waals surface area contributed by atoms with E-state index in [1.54, 1.807) is 6.92 Å². The second kappa shape index (κ2) is 4.73. The topological polar surface area (TPSA) is 46.5 Å². The van der Waals surface area contributed by atoms with Crippen LogP contribution in [-0.2, 0) is 15.1 Å². The third-order valence-corrected chi connectivity index (χ3v) is 3.77. The lowest BCUT2D eigenvalue weighted by molar-refractivity contribution is -0.165. The van der Waals surface area contributed by atoms with E-state index in [0.29, 0.717) is 12.5 Å². The van der Waals surface area contributed by atoms with Gasteiger partial charge in [-0.25, -0.2) is 4.79 Å². The van der Waals surface area contributed by atoms with E-state index in [0.717, 1.165) is 29.5 Å². The normalized spacial score (nSPS) is 18.4. The van der Waals surface area contributed by atoms with E-state index < -0.39 is 11.6 Å². The summed E-state index contributed by atoms with van der Waals surface area (Å²) in [6.45, 7) is 6.18. The fourth-order valence-corrected chi connectivity index (χ4v) is 1.88. The van der Waals surface area contributed by atoms with E-state index in [2.05, 4.69) is 0 Å². The van der Waals surface area contributed by atoms with Crippen molar-refractivity contribution in [2.24, 2.45) is 5.92 Å². The maximum Gasteiger partial charge on any atom is 0.340 e. The van der Waals surface area contributed by atoms with Crippen molar-refractivity contribution in [3.8, 4) is 0 Å². The summed E-state index contributed by atoms with van der Waals surface area (Å²) in [5.74, 6) is -0.373. The molecule has 2 rings (SSSR count). The van der Waals surface area contributed by atoms with Crippen molar-refractivity contribution in [2.45, 2.75) is 39.2 Å². The number of aliphatic carboxylic acids is 1. The first-order valence-electron chi connectivity index (χ1n) is 6.38. The minimum atomic E-state index is -1.24. The summed E-state index contributed by atoms with van der Waals surface area (Å²) in [5.41, 5.74) is 1.74. The molecule has 1 saturated carbocycles. The molecule has 1 aliphatic rings. The molecule has 1 atom stereocenters. The van der Waals surface area contributed by atoms with E-state index in [9.17, 15) is 9.90 Å². The third-order valence-electron chi connectivity index (χ3n) is 3.77. The molecular weight excluding hydrogens is 228 g/mol. The molecule has 3 heteroatoms. The van der Waals surface area contributed by atoms with Crippen LogP contribution in [0.3, 0.4) is 0 Å². The number of benzene rings is 1. The summed E-state index contributed by atoms with van der Waals surface area (Å²) < 4.78 is 5.70. The lowest BCUT2D eigenvalue weighted by Crippen LogP contribution is -2.36. The van der Waals surface area contributed by atoms with Crippen LogP contribution < -0.4 is 0 Å². The first-order valence-corrected chi connectivity index (χ1v) is 6.38. The average Bonchev–Trinajstić information content (AvgIpc) is 3.13. The van der Waals surface area contributed by atoms with Gasteiger partial charge in [0, 0.05) is 0 Å². The Hall–Kier alpha value is -1.35. The zero-order valence-corrected chi connectivity index (χ0v) is 11.2. The molecule has 1 aromatic carbocycles. The van der Waals surface area contributed by atoms with Gasteiger partial charge in [0.2, 0.25) is 0 Å². The van der Waals surface area contributed by atoms with Crippen molar-refractivity contribution in [1.82, 2.24) is 0 Å². The summed E-state index contributed by atoms with van der Waals surface area (Å²) in [4.78, 5) is 11.5. The molecule has 0 bridgehead atoms. The number of rotatable bonds is 5. The molecular formula is C15H20O3. The van der Waals surface area contributed by atoms with Crippen LogP contribution in [0.1, 0.15) is 36.5 Å². The zero-order valence-electron chi connectivity index (χ0n) is 11.2.